The van der Waals surface area contributed by atoms with Crippen molar-refractivity contribution in [3.05, 3.63) is 28.3 Å². The van der Waals surface area contributed by atoms with Crippen LogP contribution in [0.25, 0.3) is 0 Å². The number of benzene rings is 1. The first-order chi connectivity index (χ1) is 11.6. The van der Waals surface area contributed by atoms with Gasteiger partial charge in [-0.3, -0.25) is 0 Å². The van der Waals surface area contributed by atoms with Gasteiger partial charge in [-0.2, -0.15) is 4.31 Å². The van der Waals surface area contributed by atoms with E-state index in [-0.39, 0.29) is 26.5 Å². The molecular formula is C17H23ClN2O4S. The van der Waals surface area contributed by atoms with Gasteiger partial charge in [-0.25, -0.2) is 13.2 Å². The number of sulfonamides is 1. The Kier molecular flexibility index (Phi) is 4.87. The number of aromatic carboxylic acids is 1. The molecule has 25 heavy (non-hydrogen) atoms. The zero-order chi connectivity index (χ0) is 18.4. The fraction of sp³-hybridized carbons (Fsp3) is 0.588. The third-order valence-corrected chi connectivity index (χ3v) is 7.62. The zero-order valence-electron chi connectivity index (χ0n) is 14.5. The summed E-state index contributed by atoms with van der Waals surface area (Å²) in [6.45, 7) is 4.41. The van der Waals surface area contributed by atoms with E-state index in [1.807, 2.05) is 0 Å². The average Bonchev–Trinajstić information content (AvgIpc) is 2.92. The fourth-order valence-corrected chi connectivity index (χ4v) is 6.28. The molecule has 3 rings (SSSR count). The maximum Gasteiger partial charge on any atom is 0.336 e. The third kappa shape index (κ3) is 3.43. The molecule has 138 valence electrons. The van der Waals surface area contributed by atoms with Gasteiger partial charge < -0.3 is 10.0 Å². The highest BCUT2D eigenvalue weighted by Crippen LogP contribution is 2.41. The van der Waals surface area contributed by atoms with Gasteiger partial charge >= 0.3 is 5.97 Å². The minimum absolute atomic E-state index is 0.00128. The lowest BCUT2D eigenvalue weighted by molar-refractivity contribution is 0.0695. The molecule has 2 saturated heterocycles. The second kappa shape index (κ2) is 6.54. The number of carbonyl (C=O) groups is 1. The van der Waals surface area contributed by atoms with Crippen molar-refractivity contribution in [1.29, 1.82) is 0 Å². The summed E-state index contributed by atoms with van der Waals surface area (Å²) in [5.74, 6) is -1.18. The first-order valence-electron chi connectivity index (χ1n) is 8.37. The van der Waals surface area contributed by atoms with Gasteiger partial charge in [-0.05, 0) is 62.9 Å². The Balaban J connectivity index is 1.94. The maximum absolute atomic E-state index is 13.2. The molecule has 0 saturated carbocycles. The van der Waals surface area contributed by atoms with E-state index in [9.17, 15) is 18.3 Å². The molecule has 1 aromatic carbocycles. The fourth-order valence-electron chi connectivity index (χ4n) is 4.17. The molecule has 2 aliphatic heterocycles. The van der Waals surface area contributed by atoms with Crippen LogP contribution in [0.4, 0.5) is 0 Å². The van der Waals surface area contributed by atoms with E-state index in [1.54, 1.807) is 0 Å². The van der Waals surface area contributed by atoms with Crippen LogP contribution in [0.5, 0.6) is 0 Å². The number of hydrogen-bond acceptors (Lipinski definition) is 4. The Morgan fingerprint density at radius 2 is 1.96 bits per heavy atom. The van der Waals surface area contributed by atoms with E-state index in [0.717, 1.165) is 32.4 Å². The van der Waals surface area contributed by atoms with Crippen molar-refractivity contribution in [2.75, 3.05) is 33.2 Å². The molecule has 2 fully saturated rings. The molecule has 1 spiro atoms. The molecule has 1 atom stereocenters. The zero-order valence-corrected chi connectivity index (χ0v) is 16.0. The summed E-state index contributed by atoms with van der Waals surface area (Å²) in [6, 6.07) is 2.65. The lowest BCUT2D eigenvalue weighted by atomic mass is 9.79. The van der Waals surface area contributed by atoms with E-state index in [1.165, 1.54) is 23.4 Å². The molecule has 0 radical (unpaired) electrons. The number of nitrogens with zero attached hydrogens (tertiary/aromatic N) is 2. The molecule has 1 unspecified atom stereocenters. The monoisotopic (exact) mass is 386 g/mol. The van der Waals surface area contributed by atoms with Crippen LogP contribution in [0, 0.1) is 12.3 Å². The topological polar surface area (TPSA) is 77.9 Å². The van der Waals surface area contributed by atoms with Crippen LogP contribution in [-0.2, 0) is 10.0 Å². The van der Waals surface area contributed by atoms with E-state index < -0.39 is 16.0 Å². The molecule has 6 nitrogen and oxygen atoms in total. The lowest BCUT2D eigenvalue weighted by Gasteiger charge is -2.38. The molecule has 1 aromatic rings. The van der Waals surface area contributed by atoms with Crippen LogP contribution < -0.4 is 0 Å². The van der Waals surface area contributed by atoms with Crippen LogP contribution in [-0.4, -0.2) is 61.9 Å². The van der Waals surface area contributed by atoms with E-state index in [4.69, 9.17) is 11.6 Å². The number of rotatable bonds is 3. The van der Waals surface area contributed by atoms with Crippen molar-refractivity contribution in [3.8, 4) is 0 Å². The van der Waals surface area contributed by atoms with Gasteiger partial charge in [0.05, 0.1) is 10.5 Å². The first-order valence-corrected chi connectivity index (χ1v) is 10.2. The number of hydrogen-bond donors (Lipinski definition) is 1. The molecule has 0 aliphatic carbocycles. The molecule has 0 amide bonds. The van der Waals surface area contributed by atoms with Crippen LogP contribution in [0.1, 0.15) is 35.2 Å². The summed E-state index contributed by atoms with van der Waals surface area (Å²) in [5, 5.41) is 9.42. The number of piperidine rings is 1. The van der Waals surface area contributed by atoms with Gasteiger partial charge in [-0.15, -0.1) is 0 Å². The molecule has 0 aromatic heterocycles. The van der Waals surface area contributed by atoms with Gasteiger partial charge in [0.25, 0.3) is 0 Å². The van der Waals surface area contributed by atoms with Gasteiger partial charge in [0.15, 0.2) is 0 Å². The Morgan fingerprint density at radius 3 is 2.60 bits per heavy atom. The standard InChI is InChI=1S/C17H23ClN2O4S/c1-12-14(16(21)22)8-13(18)9-15(12)25(23,24)20-7-5-17(11-20)4-3-6-19(2)10-17/h8-9H,3-7,10-11H2,1-2H3,(H,21,22). The van der Waals surface area contributed by atoms with Gasteiger partial charge in [-0.1, -0.05) is 11.6 Å². The Morgan fingerprint density at radius 1 is 1.24 bits per heavy atom. The van der Waals surface area contributed by atoms with Crippen molar-refractivity contribution < 1.29 is 18.3 Å². The second-order valence-electron chi connectivity index (χ2n) is 7.31. The van der Waals surface area contributed by atoms with Crippen molar-refractivity contribution in [1.82, 2.24) is 9.21 Å². The van der Waals surface area contributed by atoms with Gasteiger partial charge in [0.2, 0.25) is 10.0 Å². The Hall–Kier alpha value is -1.15. The van der Waals surface area contributed by atoms with Gasteiger partial charge in [0, 0.05) is 24.7 Å². The predicted octanol–water partition coefficient (Wildman–Crippen LogP) is 2.45. The van der Waals surface area contributed by atoms with Crippen LogP contribution >= 0.6 is 11.6 Å². The molecular weight excluding hydrogens is 364 g/mol. The maximum atomic E-state index is 13.2. The van der Waals surface area contributed by atoms with E-state index in [0.29, 0.717) is 13.1 Å². The number of halogens is 1. The third-order valence-electron chi connectivity index (χ3n) is 5.43. The molecule has 2 aliphatic rings. The summed E-state index contributed by atoms with van der Waals surface area (Å²) in [6.07, 6.45) is 2.93. The smallest absolute Gasteiger partial charge is 0.336 e. The van der Waals surface area contributed by atoms with Crippen molar-refractivity contribution >= 4 is 27.6 Å². The van der Waals surface area contributed by atoms with Gasteiger partial charge in [0.1, 0.15) is 0 Å². The number of likely N-dealkylation sites (tertiary alicyclic amines) is 1. The van der Waals surface area contributed by atoms with Crippen LogP contribution in [0.2, 0.25) is 5.02 Å². The SMILES string of the molecule is Cc1c(C(=O)O)cc(Cl)cc1S(=O)(=O)N1CCC2(CCCN(C)C2)C1. The summed E-state index contributed by atoms with van der Waals surface area (Å²) in [4.78, 5) is 13.6. The summed E-state index contributed by atoms with van der Waals surface area (Å²) in [7, 11) is -1.71. The summed E-state index contributed by atoms with van der Waals surface area (Å²) >= 11 is 5.99. The Bertz CT molecular complexity index is 811. The van der Waals surface area contributed by atoms with E-state index >= 15 is 0 Å². The minimum atomic E-state index is -3.77. The average molecular weight is 387 g/mol. The predicted molar refractivity (Wildman–Crippen MR) is 95.7 cm³/mol. The quantitative estimate of drug-likeness (QED) is 0.863. The summed E-state index contributed by atoms with van der Waals surface area (Å²) in [5.41, 5.74) is 0.165. The second-order valence-corrected chi connectivity index (χ2v) is 9.65. The van der Waals surface area contributed by atoms with Crippen molar-refractivity contribution in [2.24, 2.45) is 5.41 Å². The first kappa shape index (κ1) is 18.6. The molecule has 2 heterocycles. The molecule has 8 heteroatoms. The number of carboxylic acids is 1. The summed E-state index contributed by atoms with van der Waals surface area (Å²) < 4.78 is 27.8. The highest BCUT2D eigenvalue weighted by molar-refractivity contribution is 7.89. The van der Waals surface area contributed by atoms with Crippen molar-refractivity contribution in [3.63, 3.8) is 0 Å². The van der Waals surface area contributed by atoms with Crippen molar-refractivity contribution in [2.45, 2.75) is 31.1 Å². The highest BCUT2D eigenvalue weighted by atomic mass is 35.5. The number of carboxylic acid groups (broad SMARTS) is 1. The largest absolute Gasteiger partial charge is 0.478 e. The highest BCUT2D eigenvalue weighted by Gasteiger charge is 2.45. The Labute approximate surface area is 153 Å². The minimum Gasteiger partial charge on any atom is -0.478 e. The van der Waals surface area contributed by atoms with Crippen LogP contribution in [0.3, 0.4) is 0 Å². The molecule has 0 bridgehead atoms. The normalized spacial score (nSPS) is 25.6. The van der Waals surface area contributed by atoms with E-state index in [2.05, 4.69) is 11.9 Å². The van der Waals surface area contributed by atoms with Crippen LogP contribution in [0.15, 0.2) is 17.0 Å². The molecule has 1 N–H and O–H groups in total. The lowest BCUT2D eigenvalue weighted by Crippen LogP contribution is -2.43.